The Labute approximate surface area is 131 Å². The minimum Gasteiger partial charge on any atom is -0.352 e. The lowest BCUT2D eigenvalue weighted by Crippen LogP contribution is -2.26. The zero-order valence-electron chi connectivity index (χ0n) is 12.4. The number of hydrogen-bond acceptors (Lipinski definition) is 2. The Balaban J connectivity index is 2.28. The summed E-state index contributed by atoms with van der Waals surface area (Å²) >= 11 is 5.80. The molecule has 0 saturated heterocycles. The van der Waals surface area contributed by atoms with Crippen molar-refractivity contribution in [1.82, 2.24) is 8.87 Å². The van der Waals surface area contributed by atoms with Crippen LogP contribution in [0.25, 0.3) is 0 Å². The number of benzene rings is 1. The molecule has 0 bridgehead atoms. The minimum absolute atomic E-state index is 0.275. The average molecular weight is 327 g/mol. The van der Waals surface area contributed by atoms with Crippen LogP contribution in [0.5, 0.6) is 0 Å². The van der Waals surface area contributed by atoms with Gasteiger partial charge in [-0.05, 0) is 24.1 Å². The van der Waals surface area contributed by atoms with Gasteiger partial charge in [-0.2, -0.15) is 4.31 Å². The first-order valence-corrected chi connectivity index (χ1v) is 8.55. The molecule has 2 rings (SSSR count). The third-order valence-corrected chi connectivity index (χ3v) is 5.62. The van der Waals surface area contributed by atoms with Crippen molar-refractivity contribution in [3.8, 4) is 0 Å². The predicted molar refractivity (Wildman–Crippen MR) is 84.8 cm³/mol. The molecule has 0 aliphatic heterocycles. The van der Waals surface area contributed by atoms with Crippen LogP contribution in [0.1, 0.15) is 16.8 Å². The summed E-state index contributed by atoms with van der Waals surface area (Å²) in [6.07, 6.45) is 1.60. The van der Waals surface area contributed by atoms with Crippen molar-refractivity contribution in [2.24, 2.45) is 7.05 Å². The van der Waals surface area contributed by atoms with E-state index in [1.54, 1.807) is 30.9 Å². The molecule has 0 N–H and O–H groups in total. The summed E-state index contributed by atoms with van der Waals surface area (Å²) in [5, 5.41) is 0. The summed E-state index contributed by atoms with van der Waals surface area (Å²) in [5.41, 5.74) is 2.85. The first kappa shape index (κ1) is 16.1. The molecular formula is C15H19ClN2O2S. The van der Waals surface area contributed by atoms with Gasteiger partial charge in [-0.25, -0.2) is 8.42 Å². The first-order valence-electron chi connectivity index (χ1n) is 6.58. The fourth-order valence-electron chi connectivity index (χ4n) is 2.14. The van der Waals surface area contributed by atoms with Crippen molar-refractivity contribution in [2.75, 3.05) is 7.05 Å². The van der Waals surface area contributed by atoms with E-state index in [9.17, 15) is 8.42 Å². The van der Waals surface area contributed by atoms with E-state index in [0.717, 1.165) is 16.8 Å². The molecule has 0 fully saturated rings. The first-order chi connectivity index (χ1) is 9.86. The van der Waals surface area contributed by atoms with Gasteiger partial charge in [-0.1, -0.05) is 24.3 Å². The quantitative estimate of drug-likeness (QED) is 0.793. The van der Waals surface area contributed by atoms with E-state index in [4.69, 9.17) is 11.6 Å². The molecule has 0 spiro atoms. The Kier molecular flexibility index (Phi) is 4.76. The van der Waals surface area contributed by atoms with Crippen LogP contribution >= 0.6 is 11.6 Å². The molecule has 1 heterocycles. The number of alkyl halides is 1. The SMILES string of the molecule is Cc1ccccc1CN(C)S(=O)(=O)c1cc(CCl)n(C)c1. The molecule has 2 aromatic rings. The second-order valence-corrected chi connectivity index (χ2v) is 7.41. The lowest BCUT2D eigenvalue weighted by atomic mass is 10.1. The van der Waals surface area contributed by atoms with Crippen LogP contribution in [0.2, 0.25) is 0 Å². The molecule has 0 radical (unpaired) electrons. The number of hydrogen-bond donors (Lipinski definition) is 0. The van der Waals surface area contributed by atoms with Crippen molar-refractivity contribution >= 4 is 21.6 Å². The van der Waals surface area contributed by atoms with Gasteiger partial charge in [0, 0.05) is 32.5 Å². The molecule has 1 aromatic carbocycles. The van der Waals surface area contributed by atoms with Crippen molar-refractivity contribution in [2.45, 2.75) is 24.2 Å². The predicted octanol–water partition coefficient (Wildman–Crippen LogP) is 2.89. The largest absolute Gasteiger partial charge is 0.352 e. The summed E-state index contributed by atoms with van der Waals surface area (Å²) in [5.74, 6) is 0.285. The lowest BCUT2D eigenvalue weighted by molar-refractivity contribution is 0.466. The normalized spacial score (nSPS) is 12.0. The van der Waals surface area contributed by atoms with Crippen molar-refractivity contribution in [1.29, 1.82) is 0 Å². The van der Waals surface area contributed by atoms with Crippen LogP contribution in [-0.2, 0) is 29.5 Å². The second-order valence-electron chi connectivity index (χ2n) is 5.10. The molecule has 21 heavy (non-hydrogen) atoms. The Morgan fingerprint density at radius 1 is 1.29 bits per heavy atom. The molecule has 114 valence electrons. The minimum atomic E-state index is -3.51. The second kappa shape index (κ2) is 6.22. The Hall–Kier alpha value is -1.30. The van der Waals surface area contributed by atoms with E-state index in [0.29, 0.717) is 6.54 Å². The van der Waals surface area contributed by atoms with E-state index in [1.165, 1.54) is 4.31 Å². The molecule has 1 aromatic heterocycles. The highest BCUT2D eigenvalue weighted by Gasteiger charge is 2.23. The summed E-state index contributed by atoms with van der Waals surface area (Å²) in [6, 6.07) is 9.39. The maximum Gasteiger partial charge on any atom is 0.244 e. The van der Waals surface area contributed by atoms with Crippen LogP contribution in [-0.4, -0.2) is 24.3 Å². The van der Waals surface area contributed by atoms with Gasteiger partial charge >= 0.3 is 0 Å². The molecule has 0 unspecified atom stereocenters. The van der Waals surface area contributed by atoms with Gasteiger partial charge in [0.15, 0.2) is 0 Å². The number of aromatic nitrogens is 1. The third-order valence-electron chi connectivity index (χ3n) is 3.58. The highest BCUT2D eigenvalue weighted by molar-refractivity contribution is 7.89. The van der Waals surface area contributed by atoms with Gasteiger partial charge in [0.25, 0.3) is 0 Å². The summed E-state index contributed by atoms with van der Waals surface area (Å²) < 4.78 is 28.3. The number of sulfonamides is 1. The van der Waals surface area contributed by atoms with Crippen LogP contribution in [0.15, 0.2) is 41.4 Å². The number of aryl methyl sites for hydroxylation is 2. The van der Waals surface area contributed by atoms with Crippen LogP contribution in [0.3, 0.4) is 0 Å². The number of halogens is 1. The maximum absolute atomic E-state index is 12.6. The molecule has 6 heteroatoms. The summed E-state index contributed by atoms with van der Waals surface area (Å²) in [7, 11) is -0.130. The van der Waals surface area contributed by atoms with Gasteiger partial charge < -0.3 is 4.57 Å². The maximum atomic E-state index is 12.6. The average Bonchev–Trinajstić information content (AvgIpc) is 2.83. The van der Waals surface area contributed by atoms with E-state index in [1.807, 2.05) is 31.2 Å². The van der Waals surface area contributed by atoms with Gasteiger partial charge in [0.2, 0.25) is 10.0 Å². The molecule has 0 saturated carbocycles. The zero-order valence-corrected chi connectivity index (χ0v) is 13.9. The standard InChI is InChI=1S/C15H19ClN2O2S/c1-12-6-4-5-7-13(12)10-18(3)21(19,20)15-8-14(9-16)17(2)11-15/h4-8,11H,9-10H2,1-3H3. The number of rotatable bonds is 5. The highest BCUT2D eigenvalue weighted by atomic mass is 35.5. The van der Waals surface area contributed by atoms with Gasteiger partial charge in [0.1, 0.15) is 4.90 Å². The summed E-state index contributed by atoms with van der Waals surface area (Å²) in [4.78, 5) is 0.275. The van der Waals surface area contributed by atoms with Gasteiger partial charge in [0.05, 0.1) is 5.88 Å². The lowest BCUT2D eigenvalue weighted by Gasteiger charge is -2.17. The van der Waals surface area contributed by atoms with E-state index in [2.05, 4.69) is 0 Å². The van der Waals surface area contributed by atoms with Crippen molar-refractivity contribution < 1.29 is 8.42 Å². The topological polar surface area (TPSA) is 42.3 Å². The van der Waals surface area contributed by atoms with Gasteiger partial charge in [-0.15, -0.1) is 11.6 Å². The smallest absolute Gasteiger partial charge is 0.244 e. The Bertz CT molecular complexity index is 738. The molecule has 0 amide bonds. The monoisotopic (exact) mass is 326 g/mol. The zero-order chi connectivity index (χ0) is 15.6. The fourth-order valence-corrected chi connectivity index (χ4v) is 3.65. The van der Waals surface area contributed by atoms with E-state index in [-0.39, 0.29) is 10.8 Å². The van der Waals surface area contributed by atoms with Crippen molar-refractivity contribution in [3.63, 3.8) is 0 Å². The van der Waals surface area contributed by atoms with Gasteiger partial charge in [-0.3, -0.25) is 0 Å². The Morgan fingerprint density at radius 3 is 2.52 bits per heavy atom. The van der Waals surface area contributed by atoms with Crippen LogP contribution in [0.4, 0.5) is 0 Å². The van der Waals surface area contributed by atoms with Crippen molar-refractivity contribution in [3.05, 3.63) is 53.3 Å². The third kappa shape index (κ3) is 3.31. The number of nitrogens with zero attached hydrogens (tertiary/aromatic N) is 2. The summed E-state index contributed by atoms with van der Waals surface area (Å²) in [6.45, 7) is 2.32. The molecular weight excluding hydrogens is 308 g/mol. The van der Waals surface area contributed by atoms with Crippen LogP contribution in [0, 0.1) is 6.92 Å². The van der Waals surface area contributed by atoms with E-state index >= 15 is 0 Å². The van der Waals surface area contributed by atoms with E-state index < -0.39 is 10.0 Å². The molecule has 0 aliphatic carbocycles. The molecule has 0 aliphatic rings. The highest BCUT2D eigenvalue weighted by Crippen LogP contribution is 2.21. The van der Waals surface area contributed by atoms with Crippen LogP contribution < -0.4 is 0 Å². The fraction of sp³-hybridized carbons (Fsp3) is 0.333. The Morgan fingerprint density at radius 2 is 1.95 bits per heavy atom. The molecule has 4 nitrogen and oxygen atoms in total. The molecule has 0 atom stereocenters.